The quantitative estimate of drug-likeness (QED) is 0.314. The van der Waals surface area contributed by atoms with Crippen LogP contribution in [0.15, 0.2) is 18.2 Å². The van der Waals surface area contributed by atoms with Crippen LogP contribution < -0.4 is 11.1 Å². The molecule has 0 radical (unpaired) electrons. The molecule has 0 aromatic heterocycles. The number of ether oxygens (including phenoxy) is 1. The zero-order valence-corrected chi connectivity index (χ0v) is 10.1. The van der Waals surface area contributed by atoms with Gasteiger partial charge in [-0.15, -0.1) is 0 Å². The highest BCUT2D eigenvalue weighted by Crippen LogP contribution is 2.20. The normalized spacial score (nSPS) is 10.3. The van der Waals surface area contributed by atoms with Gasteiger partial charge < -0.3 is 26.0 Å². The van der Waals surface area contributed by atoms with Gasteiger partial charge in [0.15, 0.2) is 0 Å². The number of carbonyl (C=O) groups is 1. The van der Waals surface area contributed by atoms with E-state index in [2.05, 4.69) is 5.32 Å². The largest absolute Gasteiger partial charge is 0.506 e. The van der Waals surface area contributed by atoms with Gasteiger partial charge in [0.2, 0.25) is 0 Å². The molecule has 6 nitrogen and oxygen atoms in total. The Kier molecular flexibility index (Phi) is 5.96. The lowest BCUT2D eigenvalue weighted by Crippen LogP contribution is -2.25. The highest BCUT2D eigenvalue weighted by Gasteiger charge is 2.07. The van der Waals surface area contributed by atoms with Crippen molar-refractivity contribution in [2.45, 2.75) is 6.42 Å². The van der Waals surface area contributed by atoms with Gasteiger partial charge in [0.25, 0.3) is 5.91 Å². The number of aliphatic hydroxyl groups is 1. The lowest BCUT2D eigenvalue weighted by atomic mass is 10.2. The molecule has 0 heterocycles. The summed E-state index contributed by atoms with van der Waals surface area (Å²) in [6.45, 7) is 1.25. The molecule has 100 valence electrons. The van der Waals surface area contributed by atoms with Crippen LogP contribution in [0, 0.1) is 0 Å². The van der Waals surface area contributed by atoms with Gasteiger partial charge >= 0.3 is 0 Å². The minimum Gasteiger partial charge on any atom is -0.506 e. The number of hydrogen-bond acceptors (Lipinski definition) is 5. The minimum absolute atomic E-state index is 0.00290. The van der Waals surface area contributed by atoms with Crippen LogP contribution in [0.1, 0.15) is 16.8 Å². The van der Waals surface area contributed by atoms with E-state index in [9.17, 15) is 9.90 Å². The predicted molar refractivity (Wildman–Crippen MR) is 67.4 cm³/mol. The molecule has 18 heavy (non-hydrogen) atoms. The van der Waals surface area contributed by atoms with Crippen molar-refractivity contribution >= 4 is 11.6 Å². The highest BCUT2D eigenvalue weighted by molar-refractivity contribution is 5.95. The third kappa shape index (κ3) is 4.60. The number of aromatic hydroxyl groups is 1. The molecule has 0 aliphatic rings. The van der Waals surface area contributed by atoms with E-state index < -0.39 is 0 Å². The highest BCUT2D eigenvalue weighted by atomic mass is 16.5. The Morgan fingerprint density at radius 2 is 2.17 bits per heavy atom. The van der Waals surface area contributed by atoms with Crippen LogP contribution >= 0.6 is 0 Å². The fourth-order valence-corrected chi connectivity index (χ4v) is 1.33. The van der Waals surface area contributed by atoms with Gasteiger partial charge in [-0.1, -0.05) is 0 Å². The van der Waals surface area contributed by atoms with E-state index in [1.165, 1.54) is 12.1 Å². The molecular formula is C12H18N2O4. The van der Waals surface area contributed by atoms with E-state index in [4.69, 9.17) is 15.6 Å². The molecule has 1 rings (SSSR count). The molecule has 0 aliphatic carbocycles. The van der Waals surface area contributed by atoms with E-state index >= 15 is 0 Å². The summed E-state index contributed by atoms with van der Waals surface area (Å²) >= 11 is 0. The average molecular weight is 254 g/mol. The van der Waals surface area contributed by atoms with Gasteiger partial charge in [-0.3, -0.25) is 4.79 Å². The van der Waals surface area contributed by atoms with Crippen LogP contribution in [-0.4, -0.2) is 42.5 Å². The Labute approximate surface area is 105 Å². The third-order valence-electron chi connectivity index (χ3n) is 2.28. The molecule has 6 heteroatoms. The number of aliphatic hydroxyl groups excluding tert-OH is 1. The van der Waals surface area contributed by atoms with Crippen LogP contribution in [0.3, 0.4) is 0 Å². The van der Waals surface area contributed by atoms with E-state index in [0.717, 1.165) is 0 Å². The molecule has 0 fully saturated rings. The van der Waals surface area contributed by atoms with Gasteiger partial charge in [-0.25, -0.2) is 0 Å². The number of nitrogens with one attached hydrogen (secondary N) is 1. The first-order valence-corrected chi connectivity index (χ1v) is 5.70. The maximum Gasteiger partial charge on any atom is 0.251 e. The van der Waals surface area contributed by atoms with Crippen molar-refractivity contribution in [3.63, 3.8) is 0 Å². The summed E-state index contributed by atoms with van der Waals surface area (Å²) in [6, 6.07) is 4.36. The van der Waals surface area contributed by atoms with Crippen molar-refractivity contribution < 1.29 is 19.7 Å². The Morgan fingerprint density at radius 3 is 2.83 bits per heavy atom. The summed E-state index contributed by atoms with van der Waals surface area (Å²) in [4.78, 5) is 11.7. The summed E-state index contributed by atoms with van der Waals surface area (Å²) in [5.41, 5.74) is 6.04. The van der Waals surface area contributed by atoms with Gasteiger partial charge in [-0.05, 0) is 24.6 Å². The average Bonchev–Trinajstić information content (AvgIpc) is 2.36. The van der Waals surface area contributed by atoms with Crippen LogP contribution in [0.2, 0.25) is 0 Å². The van der Waals surface area contributed by atoms with Crippen LogP contribution in [0.25, 0.3) is 0 Å². The van der Waals surface area contributed by atoms with Crippen molar-refractivity contribution in [3.8, 4) is 5.75 Å². The monoisotopic (exact) mass is 254 g/mol. The third-order valence-corrected chi connectivity index (χ3v) is 2.28. The fourth-order valence-electron chi connectivity index (χ4n) is 1.33. The number of nitrogen functional groups attached to an aromatic ring is 1. The van der Waals surface area contributed by atoms with Gasteiger partial charge in [-0.2, -0.15) is 0 Å². The molecular weight excluding hydrogens is 236 g/mol. The molecule has 1 aromatic rings. The van der Waals surface area contributed by atoms with Crippen molar-refractivity contribution in [2.75, 3.05) is 32.1 Å². The van der Waals surface area contributed by atoms with E-state index in [-0.39, 0.29) is 24.0 Å². The van der Waals surface area contributed by atoms with E-state index in [0.29, 0.717) is 31.7 Å². The maximum absolute atomic E-state index is 11.7. The molecule has 5 N–H and O–H groups in total. The molecule has 0 bridgehead atoms. The number of hydrogen-bond donors (Lipinski definition) is 4. The second-order valence-corrected chi connectivity index (χ2v) is 3.72. The summed E-state index contributed by atoms with van der Waals surface area (Å²) in [5.74, 6) is -0.374. The standard InChI is InChI=1S/C12H18N2O4/c13-10-3-2-9(8-11(10)16)12(17)14-4-1-6-18-7-5-15/h2-3,8,15-16H,1,4-7,13H2,(H,14,17). The predicted octanol–water partition coefficient (Wildman–Crippen LogP) is 0.103. The summed E-state index contributed by atoms with van der Waals surface area (Å²) in [6.07, 6.45) is 0.659. The molecule has 0 saturated carbocycles. The number of anilines is 1. The number of nitrogens with two attached hydrogens (primary N) is 1. The zero-order chi connectivity index (χ0) is 13.4. The number of phenolic OH excluding ortho intramolecular Hbond substituents is 1. The van der Waals surface area contributed by atoms with Gasteiger partial charge in [0, 0.05) is 18.7 Å². The molecule has 1 amide bonds. The fraction of sp³-hybridized carbons (Fsp3) is 0.417. The smallest absolute Gasteiger partial charge is 0.251 e. The topological polar surface area (TPSA) is 105 Å². The van der Waals surface area contributed by atoms with E-state index in [1.54, 1.807) is 6.07 Å². The number of carbonyl (C=O) groups excluding carboxylic acids is 1. The molecule has 0 atom stereocenters. The number of benzene rings is 1. The number of amides is 1. The van der Waals surface area contributed by atoms with Crippen molar-refractivity contribution in [1.29, 1.82) is 0 Å². The second-order valence-electron chi connectivity index (χ2n) is 3.72. The minimum atomic E-state index is -0.271. The molecule has 1 aromatic carbocycles. The van der Waals surface area contributed by atoms with Gasteiger partial charge in [0.1, 0.15) is 5.75 Å². The summed E-state index contributed by atoms with van der Waals surface area (Å²) < 4.78 is 5.05. The molecule has 0 unspecified atom stereocenters. The van der Waals surface area contributed by atoms with Crippen LogP contribution in [-0.2, 0) is 4.74 Å². The second kappa shape index (κ2) is 7.52. The van der Waals surface area contributed by atoms with Crippen molar-refractivity contribution in [3.05, 3.63) is 23.8 Å². The first-order chi connectivity index (χ1) is 8.65. The Bertz CT molecular complexity index is 396. The van der Waals surface area contributed by atoms with Gasteiger partial charge in [0.05, 0.1) is 18.9 Å². The van der Waals surface area contributed by atoms with E-state index in [1.807, 2.05) is 0 Å². The maximum atomic E-state index is 11.7. The Morgan fingerprint density at radius 1 is 1.39 bits per heavy atom. The number of phenols is 1. The number of rotatable bonds is 7. The van der Waals surface area contributed by atoms with Crippen LogP contribution in [0.5, 0.6) is 5.75 Å². The Balaban J connectivity index is 2.30. The molecule has 0 saturated heterocycles. The first-order valence-electron chi connectivity index (χ1n) is 5.70. The summed E-state index contributed by atoms with van der Waals surface area (Å²) in [7, 11) is 0. The SMILES string of the molecule is Nc1ccc(C(=O)NCCCOCCO)cc1O. The lowest BCUT2D eigenvalue weighted by molar-refractivity contribution is 0.0867. The summed E-state index contributed by atoms with van der Waals surface area (Å²) in [5, 5.41) is 20.5. The Hall–Kier alpha value is -1.79. The molecule has 0 aliphatic heterocycles. The first kappa shape index (κ1) is 14.3. The molecule has 0 spiro atoms. The lowest BCUT2D eigenvalue weighted by Gasteiger charge is -2.06. The van der Waals surface area contributed by atoms with Crippen molar-refractivity contribution in [2.24, 2.45) is 0 Å². The van der Waals surface area contributed by atoms with Crippen molar-refractivity contribution in [1.82, 2.24) is 5.32 Å². The van der Waals surface area contributed by atoms with Crippen LogP contribution in [0.4, 0.5) is 5.69 Å². The zero-order valence-electron chi connectivity index (χ0n) is 10.1.